The highest BCUT2D eigenvalue weighted by Gasteiger charge is 2.19. The first-order valence-electron chi connectivity index (χ1n) is 6.37. The van der Waals surface area contributed by atoms with Gasteiger partial charge in [0.2, 0.25) is 5.91 Å². The van der Waals surface area contributed by atoms with Gasteiger partial charge in [0.05, 0.1) is 6.54 Å². The third-order valence-electron chi connectivity index (χ3n) is 3.63. The van der Waals surface area contributed by atoms with Gasteiger partial charge in [-0.3, -0.25) is 4.79 Å². The molecular weight excluding hydrogens is 188 g/mol. The number of rotatable bonds is 4. The van der Waals surface area contributed by atoms with Crippen LogP contribution in [0.25, 0.3) is 0 Å². The Balaban J connectivity index is 1.58. The summed E-state index contributed by atoms with van der Waals surface area (Å²) in [6.45, 7) is 0.515. The van der Waals surface area contributed by atoms with Crippen LogP contribution in [-0.4, -0.2) is 24.5 Å². The molecule has 0 bridgehead atoms. The molecule has 3 nitrogen and oxygen atoms in total. The van der Waals surface area contributed by atoms with Crippen LogP contribution in [0.5, 0.6) is 0 Å². The van der Waals surface area contributed by atoms with Crippen molar-refractivity contribution in [3.8, 4) is 0 Å². The van der Waals surface area contributed by atoms with E-state index in [2.05, 4.69) is 10.6 Å². The second-order valence-corrected chi connectivity index (χ2v) is 4.91. The van der Waals surface area contributed by atoms with Gasteiger partial charge in [0.25, 0.3) is 0 Å². The van der Waals surface area contributed by atoms with E-state index in [1.54, 1.807) is 0 Å². The minimum absolute atomic E-state index is 0.189. The van der Waals surface area contributed by atoms with Crippen molar-refractivity contribution in [3.05, 3.63) is 0 Å². The summed E-state index contributed by atoms with van der Waals surface area (Å²) in [7, 11) is 0. The van der Waals surface area contributed by atoms with Gasteiger partial charge in [-0.25, -0.2) is 0 Å². The van der Waals surface area contributed by atoms with Gasteiger partial charge in [-0.05, 0) is 25.7 Å². The highest BCUT2D eigenvalue weighted by Crippen LogP contribution is 2.18. The molecular formula is C12H22N2O. The first-order chi connectivity index (χ1) is 7.34. The van der Waals surface area contributed by atoms with Crippen LogP contribution in [0.4, 0.5) is 0 Å². The smallest absolute Gasteiger partial charge is 0.234 e. The molecule has 2 fully saturated rings. The molecule has 2 rings (SSSR count). The monoisotopic (exact) mass is 210 g/mol. The van der Waals surface area contributed by atoms with E-state index >= 15 is 0 Å². The van der Waals surface area contributed by atoms with Crippen LogP contribution in [0.1, 0.15) is 51.4 Å². The molecule has 0 radical (unpaired) electrons. The number of hydrogen-bond acceptors (Lipinski definition) is 2. The Labute approximate surface area is 92.0 Å². The van der Waals surface area contributed by atoms with Gasteiger partial charge in [0, 0.05) is 12.1 Å². The zero-order valence-electron chi connectivity index (χ0n) is 9.43. The molecule has 2 aliphatic rings. The Morgan fingerprint density at radius 2 is 1.60 bits per heavy atom. The zero-order valence-corrected chi connectivity index (χ0v) is 9.43. The molecule has 3 heteroatoms. The Bertz CT molecular complexity index is 208. The summed E-state index contributed by atoms with van der Waals surface area (Å²) in [6, 6.07) is 1.07. The molecule has 2 saturated carbocycles. The topological polar surface area (TPSA) is 41.1 Å². The Morgan fingerprint density at radius 3 is 2.20 bits per heavy atom. The standard InChI is InChI=1S/C12H22N2O/c15-12(9-13-10-7-4-8-10)14-11-5-2-1-3-6-11/h10-11,13H,1-9H2,(H,14,15). The van der Waals surface area contributed by atoms with E-state index in [0.29, 0.717) is 18.6 Å². The molecule has 0 atom stereocenters. The molecule has 2 aliphatic carbocycles. The molecule has 15 heavy (non-hydrogen) atoms. The first kappa shape index (κ1) is 10.9. The predicted octanol–water partition coefficient (Wildman–Crippen LogP) is 1.58. The maximum Gasteiger partial charge on any atom is 0.234 e. The van der Waals surface area contributed by atoms with Gasteiger partial charge < -0.3 is 10.6 Å². The summed E-state index contributed by atoms with van der Waals surface area (Å²) in [6.07, 6.45) is 10.1. The molecule has 2 N–H and O–H groups in total. The second-order valence-electron chi connectivity index (χ2n) is 4.91. The lowest BCUT2D eigenvalue weighted by Gasteiger charge is -2.27. The van der Waals surface area contributed by atoms with Crippen LogP contribution >= 0.6 is 0 Å². The summed E-state index contributed by atoms with van der Waals surface area (Å²) in [5, 5.41) is 6.42. The zero-order chi connectivity index (χ0) is 10.5. The maximum atomic E-state index is 11.6. The number of nitrogens with one attached hydrogen (secondary N) is 2. The van der Waals surface area contributed by atoms with E-state index < -0.39 is 0 Å². The number of hydrogen-bond donors (Lipinski definition) is 2. The minimum atomic E-state index is 0.189. The molecule has 0 aromatic rings. The van der Waals surface area contributed by atoms with Crippen molar-refractivity contribution in [3.63, 3.8) is 0 Å². The molecule has 0 unspecified atom stereocenters. The van der Waals surface area contributed by atoms with Crippen LogP contribution in [0.3, 0.4) is 0 Å². The highest BCUT2D eigenvalue weighted by atomic mass is 16.1. The lowest BCUT2D eigenvalue weighted by Crippen LogP contribution is -2.45. The third-order valence-corrected chi connectivity index (χ3v) is 3.63. The fourth-order valence-corrected chi connectivity index (χ4v) is 2.38. The minimum Gasteiger partial charge on any atom is -0.352 e. The summed E-state index contributed by atoms with van der Waals surface area (Å²) >= 11 is 0. The quantitative estimate of drug-likeness (QED) is 0.739. The summed E-state index contributed by atoms with van der Waals surface area (Å²) in [4.78, 5) is 11.6. The van der Waals surface area contributed by atoms with Crippen LogP contribution < -0.4 is 10.6 Å². The van der Waals surface area contributed by atoms with Gasteiger partial charge in [-0.2, -0.15) is 0 Å². The van der Waals surface area contributed by atoms with E-state index in [9.17, 15) is 4.79 Å². The summed E-state index contributed by atoms with van der Waals surface area (Å²) in [5.41, 5.74) is 0. The maximum absolute atomic E-state index is 11.6. The van der Waals surface area contributed by atoms with Gasteiger partial charge in [-0.15, -0.1) is 0 Å². The van der Waals surface area contributed by atoms with Gasteiger partial charge in [0.1, 0.15) is 0 Å². The lowest BCUT2D eigenvalue weighted by atomic mass is 9.93. The molecule has 1 amide bonds. The van der Waals surface area contributed by atoms with Gasteiger partial charge in [0.15, 0.2) is 0 Å². The average molecular weight is 210 g/mol. The van der Waals surface area contributed by atoms with Crippen molar-refractivity contribution in [2.45, 2.75) is 63.5 Å². The predicted molar refractivity (Wildman–Crippen MR) is 60.7 cm³/mol. The fraction of sp³-hybridized carbons (Fsp3) is 0.917. The van der Waals surface area contributed by atoms with E-state index in [0.717, 1.165) is 0 Å². The highest BCUT2D eigenvalue weighted by molar-refractivity contribution is 5.78. The molecule has 0 saturated heterocycles. The molecule has 0 aromatic carbocycles. The largest absolute Gasteiger partial charge is 0.352 e. The van der Waals surface area contributed by atoms with Crippen LogP contribution in [0.2, 0.25) is 0 Å². The third kappa shape index (κ3) is 3.49. The van der Waals surface area contributed by atoms with Gasteiger partial charge >= 0.3 is 0 Å². The Kier molecular flexibility index (Phi) is 4.01. The number of amides is 1. The van der Waals surface area contributed by atoms with E-state index in [-0.39, 0.29) is 5.91 Å². The normalized spacial score (nSPS) is 23.5. The van der Waals surface area contributed by atoms with E-state index in [4.69, 9.17) is 0 Å². The Hall–Kier alpha value is -0.570. The van der Waals surface area contributed by atoms with Crippen molar-refractivity contribution < 1.29 is 4.79 Å². The fourth-order valence-electron chi connectivity index (χ4n) is 2.38. The van der Waals surface area contributed by atoms with Crippen molar-refractivity contribution in [2.24, 2.45) is 0 Å². The molecule has 0 aliphatic heterocycles. The van der Waals surface area contributed by atoms with Crippen molar-refractivity contribution in [1.29, 1.82) is 0 Å². The lowest BCUT2D eigenvalue weighted by molar-refractivity contribution is -0.121. The molecule has 86 valence electrons. The second kappa shape index (κ2) is 5.50. The summed E-state index contributed by atoms with van der Waals surface area (Å²) < 4.78 is 0. The van der Waals surface area contributed by atoms with Crippen LogP contribution in [-0.2, 0) is 4.79 Å². The molecule has 0 heterocycles. The number of carbonyl (C=O) groups is 1. The average Bonchev–Trinajstić information content (AvgIpc) is 2.17. The first-order valence-corrected chi connectivity index (χ1v) is 6.37. The number of carbonyl (C=O) groups excluding carboxylic acids is 1. The van der Waals surface area contributed by atoms with E-state index in [1.165, 1.54) is 51.4 Å². The van der Waals surface area contributed by atoms with Crippen molar-refractivity contribution in [2.75, 3.05) is 6.54 Å². The van der Waals surface area contributed by atoms with Crippen molar-refractivity contribution >= 4 is 5.91 Å². The van der Waals surface area contributed by atoms with Crippen LogP contribution in [0.15, 0.2) is 0 Å². The van der Waals surface area contributed by atoms with Crippen LogP contribution in [0, 0.1) is 0 Å². The van der Waals surface area contributed by atoms with Crippen molar-refractivity contribution in [1.82, 2.24) is 10.6 Å². The van der Waals surface area contributed by atoms with Gasteiger partial charge in [-0.1, -0.05) is 25.7 Å². The SMILES string of the molecule is O=C(CNC1CCC1)NC1CCCCC1. The van der Waals surface area contributed by atoms with E-state index in [1.807, 2.05) is 0 Å². The molecule has 0 aromatic heterocycles. The molecule has 0 spiro atoms. The Morgan fingerprint density at radius 1 is 0.933 bits per heavy atom. The summed E-state index contributed by atoms with van der Waals surface area (Å²) in [5.74, 6) is 0.189.